The number of carbonyl (C=O) groups excluding carboxylic acids is 2. The molecule has 0 aliphatic rings. The minimum absolute atomic E-state index is 0.0407. The predicted molar refractivity (Wildman–Crippen MR) is 57.2 cm³/mol. The van der Waals surface area contributed by atoms with Gasteiger partial charge in [0.2, 0.25) is 0 Å². The molecule has 0 bridgehead atoms. The summed E-state index contributed by atoms with van der Waals surface area (Å²) in [7, 11) is 0. The molecule has 0 aliphatic heterocycles. The maximum Gasteiger partial charge on any atom is 0.338 e. The third-order valence-corrected chi connectivity index (χ3v) is 2.16. The molecule has 0 fully saturated rings. The average molecular weight is 257 g/mol. The lowest BCUT2D eigenvalue weighted by atomic mass is 10.1. The van der Waals surface area contributed by atoms with Gasteiger partial charge in [0.1, 0.15) is 6.10 Å². The van der Waals surface area contributed by atoms with Gasteiger partial charge in [-0.05, 0) is 13.0 Å². The second kappa shape index (κ2) is 6.18. The Morgan fingerprint density at radius 2 is 2.28 bits per heavy atom. The van der Waals surface area contributed by atoms with Crippen LogP contribution < -0.4 is 0 Å². The SMILES string of the molecule is CCOC(=O)C(O)C(O)c1cc(C=O)c(F)cn1. The van der Waals surface area contributed by atoms with Gasteiger partial charge in [0.15, 0.2) is 18.2 Å². The number of esters is 1. The van der Waals surface area contributed by atoms with Gasteiger partial charge in [-0.15, -0.1) is 0 Å². The number of ether oxygens (including phenoxy) is 1. The number of aliphatic hydroxyl groups is 2. The molecule has 0 radical (unpaired) electrons. The Morgan fingerprint density at radius 1 is 1.61 bits per heavy atom. The van der Waals surface area contributed by atoms with E-state index < -0.39 is 24.0 Å². The molecule has 1 rings (SSSR count). The largest absolute Gasteiger partial charge is 0.464 e. The Bertz CT molecular complexity index is 451. The molecular weight excluding hydrogens is 245 g/mol. The lowest BCUT2D eigenvalue weighted by Crippen LogP contribution is -2.30. The van der Waals surface area contributed by atoms with Crippen molar-refractivity contribution in [2.45, 2.75) is 19.1 Å². The van der Waals surface area contributed by atoms with Crippen LogP contribution in [0.4, 0.5) is 4.39 Å². The minimum atomic E-state index is -1.84. The van der Waals surface area contributed by atoms with Gasteiger partial charge in [0, 0.05) is 0 Å². The van der Waals surface area contributed by atoms with Crippen molar-refractivity contribution in [3.05, 3.63) is 29.3 Å². The molecule has 0 saturated carbocycles. The first-order chi connectivity index (χ1) is 8.51. The van der Waals surface area contributed by atoms with E-state index in [-0.39, 0.29) is 24.2 Å². The van der Waals surface area contributed by atoms with Gasteiger partial charge < -0.3 is 14.9 Å². The molecule has 6 nitrogen and oxygen atoms in total. The first-order valence-electron chi connectivity index (χ1n) is 5.14. The molecule has 7 heteroatoms. The van der Waals surface area contributed by atoms with Crippen LogP contribution in [0.3, 0.4) is 0 Å². The van der Waals surface area contributed by atoms with Gasteiger partial charge in [0.25, 0.3) is 0 Å². The third kappa shape index (κ3) is 3.08. The highest BCUT2D eigenvalue weighted by Crippen LogP contribution is 2.17. The molecule has 1 aromatic heterocycles. The quantitative estimate of drug-likeness (QED) is 0.569. The topological polar surface area (TPSA) is 96.7 Å². The fraction of sp³-hybridized carbons (Fsp3) is 0.364. The zero-order valence-electron chi connectivity index (χ0n) is 9.54. The molecule has 0 aromatic carbocycles. The minimum Gasteiger partial charge on any atom is -0.464 e. The molecule has 18 heavy (non-hydrogen) atoms. The summed E-state index contributed by atoms with van der Waals surface area (Å²) in [6.07, 6.45) is -2.57. The Hall–Kier alpha value is -1.86. The van der Waals surface area contributed by atoms with E-state index in [9.17, 15) is 24.2 Å². The van der Waals surface area contributed by atoms with E-state index in [4.69, 9.17) is 0 Å². The van der Waals surface area contributed by atoms with E-state index in [0.29, 0.717) is 0 Å². The summed E-state index contributed by atoms with van der Waals surface area (Å²) >= 11 is 0. The van der Waals surface area contributed by atoms with E-state index in [1.165, 1.54) is 6.92 Å². The molecule has 1 heterocycles. The smallest absolute Gasteiger partial charge is 0.338 e. The van der Waals surface area contributed by atoms with Gasteiger partial charge in [-0.3, -0.25) is 9.78 Å². The van der Waals surface area contributed by atoms with E-state index in [2.05, 4.69) is 9.72 Å². The summed E-state index contributed by atoms with van der Waals surface area (Å²) < 4.78 is 17.5. The number of rotatable bonds is 5. The molecule has 98 valence electrons. The Balaban J connectivity index is 2.92. The number of pyridine rings is 1. The number of hydrogen-bond acceptors (Lipinski definition) is 6. The van der Waals surface area contributed by atoms with Crippen LogP contribution in [0.1, 0.15) is 29.1 Å². The summed E-state index contributed by atoms with van der Waals surface area (Å²) in [5.74, 6) is -1.88. The Kier molecular flexibility index (Phi) is 4.87. The van der Waals surface area contributed by atoms with Crippen molar-refractivity contribution in [2.24, 2.45) is 0 Å². The normalized spacial score (nSPS) is 13.8. The number of carbonyl (C=O) groups is 2. The van der Waals surface area contributed by atoms with Crippen molar-refractivity contribution in [1.82, 2.24) is 4.98 Å². The van der Waals surface area contributed by atoms with Crippen LogP contribution in [0, 0.1) is 5.82 Å². The van der Waals surface area contributed by atoms with Crippen LogP contribution in [0.5, 0.6) is 0 Å². The number of aldehydes is 1. The molecule has 2 N–H and O–H groups in total. The first-order valence-corrected chi connectivity index (χ1v) is 5.14. The van der Waals surface area contributed by atoms with Crippen LogP contribution in [0.15, 0.2) is 12.3 Å². The lowest BCUT2D eigenvalue weighted by Gasteiger charge is -2.16. The standard InChI is InChI=1S/C11H12FNO5/c1-2-18-11(17)10(16)9(15)8-3-6(5-14)7(12)4-13-8/h3-5,9-10,15-16H,2H2,1H3. The molecule has 1 aromatic rings. The highest BCUT2D eigenvalue weighted by Gasteiger charge is 2.28. The highest BCUT2D eigenvalue weighted by molar-refractivity contribution is 5.76. The van der Waals surface area contributed by atoms with Crippen molar-refractivity contribution < 1.29 is 28.9 Å². The van der Waals surface area contributed by atoms with E-state index in [1.54, 1.807) is 0 Å². The zero-order valence-corrected chi connectivity index (χ0v) is 9.54. The summed E-state index contributed by atoms with van der Waals surface area (Å²) in [5.41, 5.74) is -0.519. The maximum absolute atomic E-state index is 13.0. The van der Waals surface area contributed by atoms with Gasteiger partial charge in [0.05, 0.1) is 24.1 Å². The van der Waals surface area contributed by atoms with Crippen molar-refractivity contribution in [1.29, 1.82) is 0 Å². The Labute approximate surface area is 102 Å². The van der Waals surface area contributed by atoms with Crippen LogP contribution in [0.25, 0.3) is 0 Å². The van der Waals surface area contributed by atoms with E-state index in [1.807, 2.05) is 0 Å². The number of aromatic nitrogens is 1. The van der Waals surface area contributed by atoms with Gasteiger partial charge >= 0.3 is 5.97 Å². The van der Waals surface area contributed by atoms with Crippen molar-refractivity contribution in [2.75, 3.05) is 6.61 Å². The van der Waals surface area contributed by atoms with Gasteiger partial charge in [-0.25, -0.2) is 9.18 Å². The number of nitrogens with zero attached hydrogens (tertiary/aromatic N) is 1. The summed E-state index contributed by atoms with van der Waals surface area (Å²) in [6, 6.07) is 0.954. The second-order valence-corrected chi connectivity index (χ2v) is 3.39. The van der Waals surface area contributed by atoms with Crippen LogP contribution in [-0.2, 0) is 9.53 Å². The third-order valence-electron chi connectivity index (χ3n) is 2.16. The van der Waals surface area contributed by atoms with Crippen LogP contribution in [0.2, 0.25) is 0 Å². The van der Waals surface area contributed by atoms with Crippen LogP contribution >= 0.6 is 0 Å². The number of halogens is 1. The van der Waals surface area contributed by atoms with Crippen molar-refractivity contribution >= 4 is 12.3 Å². The predicted octanol–water partition coefficient (Wildman–Crippen LogP) is -0.00940. The number of aliphatic hydroxyl groups excluding tert-OH is 2. The summed E-state index contributed by atoms with van der Waals surface area (Å²) in [5, 5.41) is 19.1. The number of hydrogen-bond donors (Lipinski definition) is 2. The summed E-state index contributed by atoms with van der Waals surface area (Å²) in [6.45, 7) is 1.58. The van der Waals surface area contributed by atoms with Crippen molar-refractivity contribution in [3.8, 4) is 0 Å². The molecule has 2 unspecified atom stereocenters. The molecule has 0 amide bonds. The van der Waals surface area contributed by atoms with Crippen molar-refractivity contribution in [3.63, 3.8) is 0 Å². The molecule has 0 aliphatic carbocycles. The highest BCUT2D eigenvalue weighted by atomic mass is 19.1. The lowest BCUT2D eigenvalue weighted by molar-refractivity contribution is -0.159. The van der Waals surface area contributed by atoms with E-state index >= 15 is 0 Å². The average Bonchev–Trinajstić information content (AvgIpc) is 2.38. The molecule has 0 saturated heterocycles. The summed E-state index contributed by atoms with van der Waals surface area (Å²) in [4.78, 5) is 25.2. The Morgan fingerprint density at radius 3 is 2.83 bits per heavy atom. The maximum atomic E-state index is 13.0. The monoisotopic (exact) mass is 257 g/mol. The van der Waals surface area contributed by atoms with Gasteiger partial charge in [-0.1, -0.05) is 0 Å². The molecule has 0 spiro atoms. The van der Waals surface area contributed by atoms with Crippen LogP contribution in [-0.4, -0.2) is 40.2 Å². The second-order valence-electron chi connectivity index (χ2n) is 3.39. The van der Waals surface area contributed by atoms with Gasteiger partial charge in [-0.2, -0.15) is 0 Å². The molecular formula is C11H12FNO5. The zero-order chi connectivity index (χ0) is 13.7. The fourth-order valence-electron chi connectivity index (χ4n) is 1.24. The molecule has 2 atom stereocenters. The fourth-order valence-corrected chi connectivity index (χ4v) is 1.24. The first kappa shape index (κ1) is 14.2. The van der Waals surface area contributed by atoms with E-state index in [0.717, 1.165) is 12.3 Å².